The Morgan fingerprint density at radius 1 is 1.18 bits per heavy atom. The van der Waals surface area contributed by atoms with E-state index in [0.717, 1.165) is 17.2 Å². The van der Waals surface area contributed by atoms with E-state index < -0.39 is 27.7 Å². The van der Waals surface area contributed by atoms with Crippen molar-refractivity contribution in [2.24, 2.45) is 0 Å². The molecule has 0 bridgehead atoms. The number of ether oxygens (including phenoxy) is 3. The predicted molar refractivity (Wildman–Crippen MR) is 146 cm³/mol. The summed E-state index contributed by atoms with van der Waals surface area (Å²) in [6.07, 6.45) is 0.291. The van der Waals surface area contributed by atoms with Gasteiger partial charge in [-0.3, -0.25) is 4.79 Å². The Balaban J connectivity index is 1.99. The maximum Gasteiger partial charge on any atom is 0.419 e. The van der Waals surface area contributed by atoms with Gasteiger partial charge in [-0.2, -0.15) is 8.42 Å². The first-order chi connectivity index (χ1) is 18.3. The van der Waals surface area contributed by atoms with Crippen molar-refractivity contribution in [2.45, 2.75) is 39.5 Å². The Hall–Kier alpha value is -3.61. The topological polar surface area (TPSA) is 134 Å². The van der Waals surface area contributed by atoms with Gasteiger partial charge in [-0.25, -0.2) is 9.36 Å². The zero-order chi connectivity index (χ0) is 28.5. The fraction of sp³-hybridized carbons (Fsp3) is 0.407. The normalized spacial score (nSPS) is 13.3. The van der Waals surface area contributed by atoms with E-state index in [1.165, 1.54) is 17.7 Å². The van der Waals surface area contributed by atoms with Crippen LogP contribution < -0.4 is 19.6 Å². The number of rotatable bonds is 9. The van der Waals surface area contributed by atoms with E-state index in [1.54, 1.807) is 33.9 Å². The zero-order valence-corrected chi connectivity index (χ0v) is 23.7. The minimum atomic E-state index is -3.92. The summed E-state index contributed by atoms with van der Waals surface area (Å²) in [5, 5.41) is 6.83. The lowest BCUT2D eigenvalue weighted by Gasteiger charge is -2.22. The summed E-state index contributed by atoms with van der Waals surface area (Å²) in [6.45, 7) is 7.04. The second-order valence-corrected chi connectivity index (χ2v) is 11.7. The largest absolute Gasteiger partial charge is 0.493 e. The molecule has 12 heteroatoms. The van der Waals surface area contributed by atoms with Gasteiger partial charge in [0.1, 0.15) is 5.60 Å². The summed E-state index contributed by atoms with van der Waals surface area (Å²) in [5.74, 6) is -0.392. The van der Waals surface area contributed by atoms with Crippen LogP contribution in [-0.4, -0.2) is 64.2 Å². The maximum absolute atomic E-state index is 13.6. The van der Waals surface area contributed by atoms with Crippen LogP contribution in [-0.2, 0) is 32.7 Å². The standard InChI is InChI=1S/C27H33N3O8S/c1-27(2,3)37-26(32)30-20-9-7-8-16(14-28-10-11-35-4)17(20)12-21(30)18-13-22(36-5)24(38-39(6,33)34)19-15-29-25(31)23(18)19/h7-9,12-13,28H,10-11,14-15H2,1-6H3,(H,29,31). The fourth-order valence-corrected chi connectivity index (χ4v) is 5.01. The van der Waals surface area contributed by atoms with Crippen molar-refractivity contribution in [1.29, 1.82) is 0 Å². The molecule has 0 saturated heterocycles. The first-order valence-electron chi connectivity index (χ1n) is 12.3. The van der Waals surface area contributed by atoms with Gasteiger partial charge in [0.15, 0.2) is 11.5 Å². The number of aromatic nitrogens is 1. The van der Waals surface area contributed by atoms with E-state index in [0.29, 0.717) is 42.0 Å². The quantitative estimate of drug-likeness (QED) is 0.299. The molecule has 11 nitrogen and oxygen atoms in total. The third kappa shape index (κ3) is 6.02. The van der Waals surface area contributed by atoms with E-state index >= 15 is 0 Å². The highest BCUT2D eigenvalue weighted by Crippen LogP contribution is 2.44. The Morgan fingerprint density at radius 3 is 2.56 bits per heavy atom. The summed E-state index contributed by atoms with van der Waals surface area (Å²) in [4.78, 5) is 26.7. The molecule has 2 aromatic carbocycles. The Morgan fingerprint density at radius 2 is 1.92 bits per heavy atom. The molecule has 210 valence electrons. The summed E-state index contributed by atoms with van der Waals surface area (Å²) >= 11 is 0. The van der Waals surface area contributed by atoms with Crippen molar-refractivity contribution in [3.8, 4) is 22.8 Å². The van der Waals surface area contributed by atoms with Crippen LogP contribution in [0.1, 0.15) is 42.3 Å². The van der Waals surface area contributed by atoms with Crippen molar-refractivity contribution in [3.05, 3.63) is 47.0 Å². The van der Waals surface area contributed by atoms with Gasteiger partial charge in [0.05, 0.1) is 36.7 Å². The van der Waals surface area contributed by atoms with Crippen molar-refractivity contribution >= 4 is 33.0 Å². The molecular formula is C27H33N3O8S. The monoisotopic (exact) mass is 559 g/mol. The lowest BCUT2D eigenvalue weighted by atomic mass is 9.98. The molecule has 0 unspecified atom stereocenters. The maximum atomic E-state index is 13.6. The highest BCUT2D eigenvalue weighted by molar-refractivity contribution is 7.86. The number of fused-ring (bicyclic) bond motifs is 2. The van der Waals surface area contributed by atoms with Gasteiger partial charge in [-0.05, 0) is 44.5 Å². The highest BCUT2D eigenvalue weighted by Gasteiger charge is 2.34. The summed E-state index contributed by atoms with van der Waals surface area (Å²) in [7, 11) is -0.919. The van der Waals surface area contributed by atoms with Gasteiger partial charge in [0.25, 0.3) is 5.91 Å². The summed E-state index contributed by atoms with van der Waals surface area (Å²) in [6, 6.07) is 8.94. The average molecular weight is 560 g/mol. The summed E-state index contributed by atoms with van der Waals surface area (Å²) in [5.41, 5.74) is 2.02. The van der Waals surface area contributed by atoms with Crippen molar-refractivity contribution in [1.82, 2.24) is 15.2 Å². The number of hydrogen-bond donors (Lipinski definition) is 2. The molecule has 2 heterocycles. The van der Waals surface area contributed by atoms with Crippen LogP contribution in [0.2, 0.25) is 0 Å². The molecule has 39 heavy (non-hydrogen) atoms. The Kier molecular flexibility index (Phi) is 7.92. The molecule has 1 aliphatic rings. The van der Waals surface area contributed by atoms with E-state index in [4.69, 9.17) is 18.4 Å². The second-order valence-electron chi connectivity index (χ2n) is 10.1. The van der Waals surface area contributed by atoms with Crippen LogP contribution in [0.4, 0.5) is 4.79 Å². The van der Waals surface area contributed by atoms with Gasteiger partial charge in [-0.15, -0.1) is 0 Å². The SMILES string of the molecule is COCCNCc1cccc2c1cc(-c1cc(OC)c(OS(C)(=O)=O)c3c1C(=O)NC3)n2C(=O)OC(C)(C)C. The Labute approximate surface area is 227 Å². The second kappa shape index (κ2) is 10.9. The lowest BCUT2D eigenvalue weighted by molar-refractivity contribution is 0.0546. The molecule has 3 aromatic rings. The van der Waals surface area contributed by atoms with Gasteiger partial charge < -0.3 is 29.0 Å². The minimum absolute atomic E-state index is 0.0323. The number of nitrogens with zero attached hydrogens (tertiary/aromatic N) is 1. The van der Waals surface area contributed by atoms with Gasteiger partial charge >= 0.3 is 16.2 Å². The predicted octanol–water partition coefficient (Wildman–Crippen LogP) is 3.42. The first-order valence-corrected chi connectivity index (χ1v) is 14.1. The van der Waals surface area contributed by atoms with Crippen LogP contribution >= 0.6 is 0 Å². The molecular weight excluding hydrogens is 526 g/mol. The number of carbonyl (C=O) groups is 2. The molecule has 1 aromatic heterocycles. The van der Waals surface area contributed by atoms with Gasteiger partial charge in [0.2, 0.25) is 0 Å². The van der Waals surface area contributed by atoms with Gasteiger partial charge in [-0.1, -0.05) is 12.1 Å². The highest BCUT2D eigenvalue weighted by atomic mass is 32.2. The molecule has 0 radical (unpaired) electrons. The first kappa shape index (κ1) is 28.4. The van der Waals surface area contributed by atoms with Gasteiger partial charge in [0, 0.05) is 43.3 Å². The van der Waals surface area contributed by atoms with E-state index in [9.17, 15) is 18.0 Å². The molecule has 0 atom stereocenters. The fourth-order valence-electron chi connectivity index (χ4n) is 4.52. The number of carbonyl (C=O) groups excluding carboxylic acids is 2. The van der Waals surface area contributed by atoms with Crippen molar-refractivity contribution < 1.29 is 36.4 Å². The zero-order valence-electron chi connectivity index (χ0n) is 22.8. The van der Waals surface area contributed by atoms with Crippen LogP contribution in [0.15, 0.2) is 30.3 Å². The molecule has 2 N–H and O–H groups in total. The molecule has 0 fully saturated rings. The summed E-state index contributed by atoms with van der Waals surface area (Å²) < 4.78 is 47.0. The molecule has 4 rings (SSSR count). The third-order valence-corrected chi connectivity index (χ3v) is 6.51. The van der Waals surface area contributed by atoms with E-state index in [1.807, 2.05) is 18.2 Å². The molecule has 0 saturated carbocycles. The van der Waals surface area contributed by atoms with Crippen LogP contribution in [0, 0.1) is 0 Å². The number of amides is 1. The molecule has 0 spiro atoms. The Bertz CT molecular complexity index is 1540. The number of benzene rings is 2. The molecule has 1 amide bonds. The minimum Gasteiger partial charge on any atom is -0.493 e. The third-order valence-electron chi connectivity index (χ3n) is 6.04. The van der Waals surface area contributed by atoms with Crippen LogP contribution in [0.3, 0.4) is 0 Å². The van der Waals surface area contributed by atoms with E-state index in [2.05, 4.69) is 10.6 Å². The van der Waals surface area contributed by atoms with Crippen LogP contribution in [0.5, 0.6) is 11.5 Å². The average Bonchev–Trinajstić information content (AvgIpc) is 3.42. The van der Waals surface area contributed by atoms with Crippen molar-refractivity contribution in [3.63, 3.8) is 0 Å². The van der Waals surface area contributed by atoms with Crippen molar-refractivity contribution in [2.75, 3.05) is 33.6 Å². The number of nitrogens with one attached hydrogen (secondary N) is 2. The van der Waals surface area contributed by atoms with Crippen LogP contribution in [0.25, 0.3) is 22.2 Å². The molecule has 0 aliphatic carbocycles. The lowest BCUT2D eigenvalue weighted by Crippen LogP contribution is -2.27. The number of hydrogen-bond acceptors (Lipinski definition) is 9. The van der Waals surface area contributed by atoms with E-state index in [-0.39, 0.29) is 23.6 Å². The number of methoxy groups -OCH3 is 2. The molecule has 1 aliphatic heterocycles. The smallest absolute Gasteiger partial charge is 0.419 e.